The minimum Gasteiger partial charge on any atom is -0.342 e. The Labute approximate surface area is 178 Å². The van der Waals surface area contributed by atoms with Crippen molar-refractivity contribution in [3.05, 3.63) is 78.0 Å². The SMILES string of the molecule is O=C(Cc1ccncc1)N1CCCC(c2nccnc2-c2cccc(C(F)(F)F)c2)C1. The van der Waals surface area contributed by atoms with Crippen molar-refractivity contribution in [2.45, 2.75) is 31.4 Å². The maximum Gasteiger partial charge on any atom is 0.416 e. The van der Waals surface area contributed by atoms with Crippen LogP contribution in [-0.2, 0) is 17.4 Å². The van der Waals surface area contributed by atoms with Gasteiger partial charge in [0.2, 0.25) is 5.91 Å². The normalized spacial score (nSPS) is 16.9. The number of aromatic nitrogens is 3. The second-order valence-electron chi connectivity index (χ2n) is 7.58. The Morgan fingerprint density at radius 1 is 1.06 bits per heavy atom. The Bertz CT molecular complexity index is 1060. The van der Waals surface area contributed by atoms with Gasteiger partial charge in [-0.05, 0) is 42.7 Å². The van der Waals surface area contributed by atoms with Crippen molar-refractivity contribution in [1.82, 2.24) is 19.9 Å². The van der Waals surface area contributed by atoms with E-state index < -0.39 is 11.7 Å². The minimum atomic E-state index is -4.43. The van der Waals surface area contributed by atoms with E-state index in [0.29, 0.717) is 30.0 Å². The van der Waals surface area contributed by atoms with Gasteiger partial charge in [-0.15, -0.1) is 0 Å². The molecule has 0 radical (unpaired) electrons. The number of benzene rings is 1. The van der Waals surface area contributed by atoms with E-state index in [0.717, 1.165) is 30.5 Å². The van der Waals surface area contributed by atoms with E-state index in [2.05, 4.69) is 15.0 Å². The van der Waals surface area contributed by atoms with E-state index in [9.17, 15) is 18.0 Å². The molecule has 160 valence electrons. The van der Waals surface area contributed by atoms with Crippen LogP contribution in [0.25, 0.3) is 11.3 Å². The zero-order valence-corrected chi connectivity index (χ0v) is 16.7. The van der Waals surface area contributed by atoms with Gasteiger partial charge in [0.05, 0.1) is 23.4 Å². The van der Waals surface area contributed by atoms with Crippen molar-refractivity contribution in [3.8, 4) is 11.3 Å². The Balaban J connectivity index is 1.57. The van der Waals surface area contributed by atoms with Crippen molar-refractivity contribution in [2.24, 2.45) is 0 Å². The van der Waals surface area contributed by atoms with Crippen molar-refractivity contribution in [2.75, 3.05) is 13.1 Å². The topological polar surface area (TPSA) is 59.0 Å². The molecule has 1 fully saturated rings. The van der Waals surface area contributed by atoms with Crippen LogP contribution in [0.15, 0.2) is 61.2 Å². The summed E-state index contributed by atoms with van der Waals surface area (Å²) in [6.07, 6.45) is 3.79. The summed E-state index contributed by atoms with van der Waals surface area (Å²) in [5.74, 6) is -0.0752. The van der Waals surface area contributed by atoms with Crippen molar-refractivity contribution >= 4 is 5.91 Å². The Hall–Kier alpha value is -3.29. The van der Waals surface area contributed by atoms with Crippen LogP contribution in [0.3, 0.4) is 0 Å². The van der Waals surface area contributed by atoms with Crippen LogP contribution >= 0.6 is 0 Å². The molecule has 1 amide bonds. The maximum absolute atomic E-state index is 13.2. The van der Waals surface area contributed by atoms with Gasteiger partial charge in [-0.25, -0.2) is 0 Å². The van der Waals surface area contributed by atoms with Crippen molar-refractivity contribution in [3.63, 3.8) is 0 Å². The van der Waals surface area contributed by atoms with E-state index in [1.807, 2.05) is 12.1 Å². The number of carbonyl (C=O) groups is 1. The molecule has 1 aromatic carbocycles. The highest BCUT2D eigenvalue weighted by molar-refractivity contribution is 5.79. The first-order valence-electron chi connectivity index (χ1n) is 10.1. The molecule has 0 N–H and O–H groups in total. The second-order valence-corrected chi connectivity index (χ2v) is 7.58. The first-order valence-corrected chi connectivity index (χ1v) is 10.1. The fourth-order valence-corrected chi connectivity index (χ4v) is 3.93. The van der Waals surface area contributed by atoms with Gasteiger partial charge in [-0.1, -0.05) is 12.1 Å². The maximum atomic E-state index is 13.2. The highest BCUT2D eigenvalue weighted by atomic mass is 19.4. The third-order valence-corrected chi connectivity index (χ3v) is 5.46. The molecule has 1 aliphatic heterocycles. The smallest absolute Gasteiger partial charge is 0.342 e. The van der Waals surface area contributed by atoms with Gasteiger partial charge in [0.1, 0.15) is 0 Å². The van der Waals surface area contributed by atoms with Crippen LogP contribution in [0.4, 0.5) is 13.2 Å². The van der Waals surface area contributed by atoms with Gasteiger partial charge in [0.25, 0.3) is 0 Å². The van der Waals surface area contributed by atoms with E-state index in [-0.39, 0.29) is 18.2 Å². The molecule has 5 nitrogen and oxygen atoms in total. The summed E-state index contributed by atoms with van der Waals surface area (Å²) in [4.78, 5) is 27.4. The molecule has 1 aliphatic rings. The molecule has 0 bridgehead atoms. The molecule has 4 rings (SSSR count). The molecule has 2 aromatic heterocycles. The minimum absolute atomic E-state index is 0.0143. The van der Waals surface area contributed by atoms with Gasteiger partial charge in [0, 0.05) is 49.4 Å². The first-order chi connectivity index (χ1) is 14.9. The summed E-state index contributed by atoms with van der Waals surface area (Å²) in [6, 6.07) is 8.75. The lowest BCUT2D eigenvalue weighted by Crippen LogP contribution is -2.40. The number of hydrogen-bond acceptors (Lipinski definition) is 4. The monoisotopic (exact) mass is 426 g/mol. The summed E-state index contributed by atoms with van der Waals surface area (Å²) in [7, 11) is 0. The predicted octanol–water partition coefficient (Wildman–Crippen LogP) is 4.51. The number of carbonyl (C=O) groups excluding carboxylic acids is 1. The summed E-state index contributed by atoms with van der Waals surface area (Å²) in [5.41, 5.74) is 1.61. The van der Waals surface area contributed by atoms with Gasteiger partial charge in [0.15, 0.2) is 0 Å². The third-order valence-electron chi connectivity index (χ3n) is 5.46. The molecule has 31 heavy (non-hydrogen) atoms. The van der Waals surface area contributed by atoms with E-state index in [4.69, 9.17) is 0 Å². The summed E-state index contributed by atoms with van der Waals surface area (Å²) >= 11 is 0. The number of amides is 1. The van der Waals surface area contributed by atoms with Crippen molar-refractivity contribution in [1.29, 1.82) is 0 Å². The number of likely N-dealkylation sites (tertiary alicyclic amines) is 1. The Morgan fingerprint density at radius 3 is 2.61 bits per heavy atom. The molecule has 3 heterocycles. The molecular formula is C23H21F3N4O. The lowest BCUT2D eigenvalue weighted by Gasteiger charge is -2.33. The summed E-state index contributed by atoms with van der Waals surface area (Å²) < 4.78 is 39.5. The average molecular weight is 426 g/mol. The van der Waals surface area contributed by atoms with Crippen LogP contribution in [0, 0.1) is 0 Å². The molecule has 1 atom stereocenters. The van der Waals surface area contributed by atoms with Gasteiger partial charge in [-0.3, -0.25) is 19.7 Å². The fraction of sp³-hybridized carbons (Fsp3) is 0.304. The van der Waals surface area contributed by atoms with E-state index in [1.54, 1.807) is 29.6 Å². The number of hydrogen-bond donors (Lipinski definition) is 0. The number of rotatable bonds is 4. The van der Waals surface area contributed by atoms with Crippen LogP contribution < -0.4 is 0 Å². The number of nitrogens with zero attached hydrogens (tertiary/aromatic N) is 4. The predicted molar refractivity (Wildman–Crippen MR) is 109 cm³/mol. The lowest BCUT2D eigenvalue weighted by molar-refractivity contribution is -0.137. The molecule has 1 unspecified atom stereocenters. The van der Waals surface area contributed by atoms with E-state index >= 15 is 0 Å². The zero-order valence-electron chi connectivity index (χ0n) is 16.7. The second kappa shape index (κ2) is 8.83. The fourth-order valence-electron chi connectivity index (χ4n) is 3.93. The highest BCUT2D eigenvalue weighted by Crippen LogP contribution is 2.35. The van der Waals surface area contributed by atoms with Crippen LogP contribution in [0.5, 0.6) is 0 Å². The van der Waals surface area contributed by atoms with Crippen LogP contribution in [0.1, 0.15) is 35.6 Å². The summed E-state index contributed by atoms with van der Waals surface area (Å²) in [6.45, 7) is 1.12. The highest BCUT2D eigenvalue weighted by Gasteiger charge is 2.32. The van der Waals surface area contributed by atoms with E-state index in [1.165, 1.54) is 12.3 Å². The average Bonchev–Trinajstić information content (AvgIpc) is 2.79. The molecule has 0 saturated carbocycles. The number of alkyl halides is 3. The van der Waals surface area contributed by atoms with Gasteiger partial charge < -0.3 is 4.90 Å². The zero-order chi connectivity index (χ0) is 21.8. The van der Waals surface area contributed by atoms with Crippen LogP contribution in [-0.4, -0.2) is 38.8 Å². The first kappa shape index (κ1) is 21.0. The lowest BCUT2D eigenvalue weighted by atomic mass is 9.91. The largest absolute Gasteiger partial charge is 0.416 e. The molecule has 3 aromatic rings. The quantitative estimate of drug-likeness (QED) is 0.616. The standard InChI is InChI=1S/C23H21F3N4O/c24-23(25,26)19-5-1-3-17(14-19)21-22(29-11-10-28-21)18-4-2-12-30(15-18)20(31)13-16-6-8-27-9-7-16/h1,3,5-11,14,18H,2,4,12-13,15H2. The molecular weight excluding hydrogens is 405 g/mol. The van der Waals surface area contributed by atoms with Crippen LogP contribution in [0.2, 0.25) is 0 Å². The number of pyridine rings is 1. The van der Waals surface area contributed by atoms with Crippen molar-refractivity contribution < 1.29 is 18.0 Å². The summed E-state index contributed by atoms with van der Waals surface area (Å²) in [5, 5.41) is 0. The third kappa shape index (κ3) is 4.90. The molecule has 0 aliphatic carbocycles. The molecule has 8 heteroatoms. The number of halogens is 3. The Morgan fingerprint density at radius 2 is 1.84 bits per heavy atom. The van der Waals surface area contributed by atoms with Gasteiger partial charge >= 0.3 is 6.18 Å². The molecule has 0 spiro atoms. The number of piperidine rings is 1. The van der Waals surface area contributed by atoms with Gasteiger partial charge in [-0.2, -0.15) is 13.2 Å². The Kier molecular flexibility index (Phi) is 5.97. The molecule has 1 saturated heterocycles.